The standard InChI is InChI=1S/C27H21ClN2O3/c28-21-11-16-26(32-19-27(31)30-23-7-3-1-4-8-23)20(17-21)18-29-22-12-14-25(15-13-22)33-24-9-5-2-6-10-24/h1-18H,19H2,(H,30,31). The van der Waals surface area contributed by atoms with Crippen LogP contribution in [0.25, 0.3) is 0 Å². The summed E-state index contributed by atoms with van der Waals surface area (Å²) in [5.74, 6) is 1.74. The van der Waals surface area contributed by atoms with Crippen molar-refractivity contribution in [1.29, 1.82) is 0 Å². The van der Waals surface area contributed by atoms with Gasteiger partial charge in [-0.15, -0.1) is 0 Å². The van der Waals surface area contributed by atoms with Gasteiger partial charge in [0.25, 0.3) is 5.91 Å². The average molecular weight is 457 g/mol. The van der Waals surface area contributed by atoms with Crippen molar-refractivity contribution in [2.45, 2.75) is 0 Å². The molecule has 0 aliphatic carbocycles. The topological polar surface area (TPSA) is 59.9 Å². The van der Waals surface area contributed by atoms with Gasteiger partial charge in [0.15, 0.2) is 6.61 Å². The van der Waals surface area contributed by atoms with E-state index in [9.17, 15) is 4.79 Å². The Labute approximate surface area is 197 Å². The first-order valence-corrected chi connectivity index (χ1v) is 10.7. The third-order valence-corrected chi connectivity index (χ3v) is 4.79. The number of ether oxygens (including phenoxy) is 2. The number of nitrogens with zero attached hydrogens (tertiary/aromatic N) is 1. The fraction of sp³-hybridized carbons (Fsp3) is 0.0370. The van der Waals surface area contributed by atoms with E-state index >= 15 is 0 Å². The minimum atomic E-state index is -0.256. The van der Waals surface area contributed by atoms with Crippen LogP contribution in [-0.2, 0) is 4.79 Å². The highest BCUT2D eigenvalue weighted by Gasteiger charge is 2.07. The molecule has 4 aromatic carbocycles. The van der Waals surface area contributed by atoms with E-state index in [1.807, 2.05) is 84.9 Å². The van der Waals surface area contributed by atoms with Gasteiger partial charge in [-0.05, 0) is 66.7 Å². The lowest BCUT2D eigenvalue weighted by molar-refractivity contribution is -0.118. The van der Waals surface area contributed by atoms with Crippen molar-refractivity contribution in [3.8, 4) is 17.2 Å². The van der Waals surface area contributed by atoms with Gasteiger partial charge in [-0.25, -0.2) is 0 Å². The van der Waals surface area contributed by atoms with Gasteiger partial charge in [0, 0.05) is 22.5 Å². The molecule has 0 spiro atoms. The molecule has 0 radical (unpaired) electrons. The first kappa shape index (κ1) is 22.1. The van der Waals surface area contributed by atoms with Crippen molar-refractivity contribution < 1.29 is 14.3 Å². The van der Waals surface area contributed by atoms with Crippen LogP contribution in [0, 0.1) is 0 Å². The Balaban J connectivity index is 1.40. The van der Waals surface area contributed by atoms with Crippen molar-refractivity contribution in [1.82, 2.24) is 0 Å². The van der Waals surface area contributed by atoms with Crippen LogP contribution in [0.1, 0.15) is 5.56 Å². The second kappa shape index (κ2) is 11.0. The van der Waals surface area contributed by atoms with E-state index in [4.69, 9.17) is 21.1 Å². The molecule has 0 unspecified atom stereocenters. The van der Waals surface area contributed by atoms with E-state index in [1.165, 1.54) is 0 Å². The van der Waals surface area contributed by atoms with Crippen molar-refractivity contribution in [3.63, 3.8) is 0 Å². The van der Waals surface area contributed by atoms with Gasteiger partial charge < -0.3 is 14.8 Å². The Hall–Kier alpha value is -4.09. The van der Waals surface area contributed by atoms with E-state index in [0.717, 1.165) is 17.2 Å². The normalized spacial score (nSPS) is 10.7. The summed E-state index contributed by atoms with van der Waals surface area (Å²) >= 11 is 6.15. The number of hydrogen-bond acceptors (Lipinski definition) is 4. The number of amides is 1. The summed E-state index contributed by atoms with van der Waals surface area (Å²) in [6.45, 7) is -0.136. The van der Waals surface area contributed by atoms with Crippen molar-refractivity contribution in [2.75, 3.05) is 11.9 Å². The molecule has 0 bridgehead atoms. The Morgan fingerprint density at radius 1 is 0.848 bits per heavy atom. The fourth-order valence-electron chi connectivity index (χ4n) is 2.98. The monoisotopic (exact) mass is 456 g/mol. The van der Waals surface area contributed by atoms with E-state index in [2.05, 4.69) is 10.3 Å². The molecule has 0 aromatic heterocycles. The number of carbonyl (C=O) groups is 1. The highest BCUT2D eigenvalue weighted by Crippen LogP contribution is 2.25. The first-order valence-electron chi connectivity index (χ1n) is 10.3. The maximum Gasteiger partial charge on any atom is 0.262 e. The van der Waals surface area contributed by atoms with Crippen LogP contribution >= 0.6 is 11.6 Å². The minimum absolute atomic E-state index is 0.136. The average Bonchev–Trinajstić information content (AvgIpc) is 2.84. The molecular weight excluding hydrogens is 436 g/mol. The number of aliphatic imine (C=N–C) groups is 1. The quantitative estimate of drug-likeness (QED) is 0.293. The highest BCUT2D eigenvalue weighted by atomic mass is 35.5. The van der Waals surface area contributed by atoms with Crippen LogP contribution in [0.4, 0.5) is 11.4 Å². The van der Waals surface area contributed by atoms with Crippen molar-refractivity contribution in [3.05, 3.63) is 114 Å². The Morgan fingerprint density at radius 2 is 1.52 bits per heavy atom. The third-order valence-electron chi connectivity index (χ3n) is 4.56. The molecule has 0 saturated heterocycles. The van der Waals surface area contributed by atoms with Gasteiger partial charge in [-0.2, -0.15) is 0 Å². The number of benzene rings is 4. The number of rotatable bonds is 8. The fourth-order valence-corrected chi connectivity index (χ4v) is 3.16. The lowest BCUT2D eigenvalue weighted by Gasteiger charge is -2.10. The third kappa shape index (κ3) is 6.69. The molecule has 1 amide bonds. The molecule has 0 heterocycles. The summed E-state index contributed by atoms with van der Waals surface area (Å²) in [4.78, 5) is 16.7. The zero-order chi connectivity index (χ0) is 22.9. The van der Waals surface area contributed by atoms with Gasteiger partial charge in [-0.3, -0.25) is 9.79 Å². The predicted molar refractivity (Wildman–Crippen MR) is 132 cm³/mol. The number of anilines is 1. The number of nitrogens with one attached hydrogen (secondary N) is 1. The minimum Gasteiger partial charge on any atom is -0.483 e. The highest BCUT2D eigenvalue weighted by molar-refractivity contribution is 6.30. The largest absolute Gasteiger partial charge is 0.483 e. The summed E-state index contributed by atoms with van der Waals surface area (Å²) in [6.07, 6.45) is 1.66. The van der Waals surface area contributed by atoms with Gasteiger partial charge in [-0.1, -0.05) is 48.0 Å². The molecule has 0 aliphatic rings. The summed E-state index contributed by atoms with van der Waals surface area (Å²) in [5.41, 5.74) is 2.12. The van der Waals surface area contributed by atoms with E-state index in [-0.39, 0.29) is 12.5 Å². The molecule has 6 heteroatoms. The number of halogens is 1. The van der Waals surface area contributed by atoms with E-state index in [0.29, 0.717) is 22.0 Å². The maximum atomic E-state index is 12.2. The number of hydrogen-bond donors (Lipinski definition) is 1. The molecule has 0 fully saturated rings. The summed E-state index contributed by atoms with van der Waals surface area (Å²) < 4.78 is 11.5. The molecular formula is C27H21ClN2O3. The zero-order valence-electron chi connectivity index (χ0n) is 17.6. The van der Waals surface area contributed by atoms with Crippen LogP contribution in [0.15, 0.2) is 108 Å². The second-order valence-electron chi connectivity index (χ2n) is 7.05. The van der Waals surface area contributed by atoms with Crippen molar-refractivity contribution in [2.24, 2.45) is 4.99 Å². The van der Waals surface area contributed by atoms with Crippen molar-refractivity contribution >= 4 is 35.1 Å². The lowest BCUT2D eigenvalue weighted by Crippen LogP contribution is -2.20. The maximum absolute atomic E-state index is 12.2. The van der Waals surface area contributed by atoms with Crippen LogP contribution in [0.3, 0.4) is 0 Å². The molecule has 0 saturated carbocycles. The van der Waals surface area contributed by atoms with Gasteiger partial charge in [0.05, 0.1) is 5.69 Å². The predicted octanol–water partition coefficient (Wildman–Crippen LogP) is 6.90. The van der Waals surface area contributed by atoms with Crippen LogP contribution in [-0.4, -0.2) is 18.7 Å². The van der Waals surface area contributed by atoms with Gasteiger partial charge >= 0.3 is 0 Å². The van der Waals surface area contributed by atoms with Crippen LogP contribution in [0.5, 0.6) is 17.2 Å². The SMILES string of the molecule is O=C(COc1ccc(Cl)cc1C=Nc1ccc(Oc2ccccc2)cc1)Nc1ccccc1. The molecule has 4 rings (SSSR count). The molecule has 4 aromatic rings. The van der Waals surface area contributed by atoms with Crippen LogP contribution < -0.4 is 14.8 Å². The Bertz CT molecular complexity index is 1230. The zero-order valence-corrected chi connectivity index (χ0v) is 18.4. The van der Waals surface area contributed by atoms with Gasteiger partial charge in [0.1, 0.15) is 17.2 Å². The first-order chi connectivity index (χ1) is 16.2. The lowest BCUT2D eigenvalue weighted by atomic mass is 10.2. The molecule has 5 nitrogen and oxygen atoms in total. The molecule has 0 atom stereocenters. The van der Waals surface area contributed by atoms with Gasteiger partial charge in [0.2, 0.25) is 0 Å². The molecule has 33 heavy (non-hydrogen) atoms. The summed E-state index contributed by atoms with van der Waals surface area (Å²) in [6, 6.07) is 31.4. The Morgan fingerprint density at radius 3 is 2.24 bits per heavy atom. The Kier molecular flexibility index (Phi) is 7.36. The number of carbonyl (C=O) groups excluding carboxylic acids is 1. The van der Waals surface area contributed by atoms with E-state index in [1.54, 1.807) is 24.4 Å². The molecule has 1 N–H and O–H groups in total. The van der Waals surface area contributed by atoms with E-state index < -0.39 is 0 Å². The smallest absolute Gasteiger partial charge is 0.262 e. The molecule has 164 valence electrons. The summed E-state index contributed by atoms with van der Waals surface area (Å²) in [7, 11) is 0. The second-order valence-corrected chi connectivity index (χ2v) is 7.49. The van der Waals surface area contributed by atoms with Crippen LogP contribution in [0.2, 0.25) is 5.02 Å². The number of para-hydroxylation sites is 2. The summed E-state index contributed by atoms with van der Waals surface area (Å²) in [5, 5.41) is 3.33. The molecule has 0 aliphatic heterocycles.